The Morgan fingerprint density at radius 2 is 1.47 bits per heavy atom. The molecule has 2 aromatic heterocycles. The van der Waals surface area contributed by atoms with E-state index in [-0.39, 0.29) is 0 Å². The molecular formula is C26H34N6. The molecule has 1 aliphatic rings. The Morgan fingerprint density at radius 1 is 0.875 bits per heavy atom. The number of fused-ring (bicyclic) bond motifs is 2. The highest BCUT2D eigenvalue weighted by molar-refractivity contribution is 5.76. The van der Waals surface area contributed by atoms with Gasteiger partial charge in [0.1, 0.15) is 11.6 Å². The van der Waals surface area contributed by atoms with Crippen LogP contribution in [-0.2, 0) is 26.2 Å². The van der Waals surface area contributed by atoms with E-state index in [2.05, 4.69) is 88.4 Å². The first-order chi connectivity index (χ1) is 15.7. The number of para-hydroxylation sites is 4. The molecule has 1 fully saturated rings. The molecule has 0 spiro atoms. The minimum atomic E-state index is 0.560. The molecule has 0 N–H and O–H groups in total. The van der Waals surface area contributed by atoms with Crippen molar-refractivity contribution in [1.82, 2.24) is 28.9 Å². The van der Waals surface area contributed by atoms with Crippen molar-refractivity contribution in [2.45, 2.75) is 58.9 Å². The van der Waals surface area contributed by atoms with Gasteiger partial charge in [-0.25, -0.2) is 9.97 Å². The fourth-order valence-electron chi connectivity index (χ4n) is 5.36. The SMILES string of the molecule is CCn1c(CN(C)C[C@@H]2CCCN2Cc2nc3ccccc3n2CC)nc2ccccc21. The fourth-order valence-corrected chi connectivity index (χ4v) is 5.36. The van der Waals surface area contributed by atoms with E-state index in [0.29, 0.717) is 6.04 Å². The van der Waals surface area contributed by atoms with Crippen LogP contribution >= 0.6 is 0 Å². The molecule has 1 saturated heterocycles. The molecule has 0 amide bonds. The lowest BCUT2D eigenvalue weighted by atomic mass is 10.2. The number of rotatable bonds is 8. The van der Waals surface area contributed by atoms with Crippen LogP contribution in [0.15, 0.2) is 48.5 Å². The average Bonchev–Trinajstić information content (AvgIpc) is 3.48. The smallest absolute Gasteiger partial charge is 0.124 e. The first-order valence-electron chi connectivity index (χ1n) is 12.0. The van der Waals surface area contributed by atoms with Crippen molar-refractivity contribution in [3.8, 4) is 0 Å². The van der Waals surface area contributed by atoms with E-state index in [1.54, 1.807) is 0 Å². The lowest BCUT2D eigenvalue weighted by molar-refractivity contribution is 0.175. The first-order valence-corrected chi connectivity index (χ1v) is 12.0. The quantitative estimate of drug-likeness (QED) is 0.412. The third kappa shape index (κ3) is 3.93. The highest BCUT2D eigenvalue weighted by Crippen LogP contribution is 2.24. The molecule has 32 heavy (non-hydrogen) atoms. The van der Waals surface area contributed by atoms with Crippen LogP contribution in [0.3, 0.4) is 0 Å². The Labute approximate surface area is 190 Å². The molecule has 0 aliphatic carbocycles. The lowest BCUT2D eigenvalue weighted by Gasteiger charge is -2.28. The lowest BCUT2D eigenvalue weighted by Crippen LogP contribution is -2.39. The van der Waals surface area contributed by atoms with Crippen LogP contribution in [0, 0.1) is 0 Å². The molecule has 2 aromatic carbocycles. The summed E-state index contributed by atoms with van der Waals surface area (Å²) in [4.78, 5) is 15.0. The molecule has 5 rings (SSSR count). The predicted octanol–water partition coefficient (Wildman–Crippen LogP) is 4.52. The Kier molecular flexibility index (Phi) is 5.98. The molecule has 3 heterocycles. The molecule has 1 atom stereocenters. The average molecular weight is 431 g/mol. The van der Waals surface area contributed by atoms with Crippen molar-refractivity contribution >= 4 is 22.1 Å². The summed E-state index contributed by atoms with van der Waals surface area (Å²) in [6.07, 6.45) is 2.51. The number of benzene rings is 2. The minimum absolute atomic E-state index is 0.560. The van der Waals surface area contributed by atoms with Crippen molar-refractivity contribution in [2.75, 3.05) is 20.1 Å². The predicted molar refractivity (Wildman–Crippen MR) is 131 cm³/mol. The topological polar surface area (TPSA) is 42.1 Å². The highest BCUT2D eigenvalue weighted by atomic mass is 15.3. The molecule has 0 saturated carbocycles. The number of hydrogen-bond acceptors (Lipinski definition) is 4. The number of hydrogen-bond donors (Lipinski definition) is 0. The van der Waals surface area contributed by atoms with Crippen LogP contribution in [0.25, 0.3) is 22.1 Å². The third-order valence-electron chi connectivity index (χ3n) is 6.88. The number of imidazole rings is 2. The maximum Gasteiger partial charge on any atom is 0.124 e. The minimum Gasteiger partial charge on any atom is -0.327 e. The second-order valence-corrected chi connectivity index (χ2v) is 8.99. The van der Waals surface area contributed by atoms with E-state index < -0.39 is 0 Å². The number of likely N-dealkylation sites (N-methyl/N-ethyl adjacent to an activating group) is 1. The van der Waals surface area contributed by atoms with Gasteiger partial charge in [-0.3, -0.25) is 9.80 Å². The number of aryl methyl sites for hydroxylation is 2. The van der Waals surface area contributed by atoms with Gasteiger partial charge in [-0.05, 0) is 64.5 Å². The Hall–Kier alpha value is -2.70. The monoisotopic (exact) mass is 430 g/mol. The Balaban J connectivity index is 1.29. The third-order valence-corrected chi connectivity index (χ3v) is 6.88. The van der Waals surface area contributed by atoms with Crippen molar-refractivity contribution in [3.63, 3.8) is 0 Å². The molecule has 1 aliphatic heterocycles. The van der Waals surface area contributed by atoms with Crippen molar-refractivity contribution in [2.24, 2.45) is 0 Å². The van der Waals surface area contributed by atoms with Gasteiger partial charge in [0.25, 0.3) is 0 Å². The molecular weight excluding hydrogens is 396 g/mol. The second-order valence-electron chi connectivity index (χ2n) is 8.99. The Morgan fingerprint density at radius 3 is 2.12 bits per heavy atom. The van der Waals surface area contributed by atoms with Crippen molar-refractivity contribution in [1.29, 1.82) is 0 Å². The summed E-state index contributed by atoms with van der Waals surface area (Å²) in [7, 11) is 2.23. The van der Waals surface area contributed by atoms with Gasteiger partial charge in [0.2, 0.25) is 0 Å². The molecule has 0 bridgehead atoms. The van der Waals surface area contributed by atoms with Crippen LogP contribution in [0.5, 0.6) is 0 Å². The van der Waals surface area contributed by atoms with Crippen LogP contribution in [-0.4, -0.2) is 55.1 Å². The van der Waals surface area contributed by atoms with Gasteiger partial charge in [-0.1, -0.05) is 24.3 Å². The van der Waals surface area contributed by atoms with Crippen LogP contribution in [0.2, 0.25) is 0 Å². The molecule has 6 heteroatoms. The van der Waals surface area contributed by atoms with Gasteiger partial charge in [-0.15, -0.1) is 0 Å². The largest absolute Gasteiger partial charge is 0.327 e. The van der Waals surface area contributed by atoms with E-state index in [1.807, 2.05) is 0 Å². The molecule has 6 nitrogen and oxygen atoms in total. The van der Waals surface area contributed by atoms with E-state index in [0.717, 1.165) is 56.1 Å². The molecule has 0 unspecified atom stereocenters. The summed E-state index contributed by atoms with van der Waals surface area (Å²) in [5, 5.41) is 0. The summed E-state index contributed by atoms with van der Waals surface area (Å²) in [6, 6.07) is 17.5. The van der Waals surface area contributed by atoms with E-state index in [1.165, 1.54) is 29.7 Å². The summed E-state index contributed by atoms with van der Waals surface area (Å²) >= 11 is 0. The molecule has 0 radical (unpaired) electrons. The molecule has 4 aromatic rings. The van der Waals surface area contributed by atoms with Gasteiger partial charge < -0.3 is 9.13 Å². The second kappa shape index (κ2) is 9.04. The van der Waals surface area contributed by atoms with Crippen LogP contribution in [0.1, 0.15) is 38.3 Å². The molecule has 168 valence electrons. The highest BCUT2D eigenvalue weighted by Gasteiger charge is 2.27. The first kappa shape index (κ1) is 21.2. The van der Waals surface area contributed by atoms with Gasteiger partial charge in [0, 0.05) is 25.7 Å². The van der Waals surface area contributed by atoms with Gasteiger partial charge in [0.15, 0.2) is 0 Å². The van der Waals surface area contributed by atoms with Crippen molar-refractivity contribution < 1.29 is 0 Å². The van der Waals surface area contributed by atoms with Crippen LogP contribution in [0.4, 0.5) is 0 Å². The zero-order valence-corrected chi connectivity index (χ0v) is 19.5. The fraction of sp³-hybridized carbons (Fsp3) is 0.462. The van der Waals surface area contributed by atoms with Crippen LogP contribution < -0.4 is 0 Å². The zero-order chi connectivity index (χ0) is 22.1. The van der Waals surface area contributed by atoms with Gasteiger partial charge >= 0.3 is 0 Å². The summed E-state index contributed by atoms with van der Waals surface area (Å²) in [5.41, 5.74) is 4.69. The summed E-state index contributed by atoms with van der Waals surface area (Å²) in [6.45, 7) is 10.3. The summed E-state index contributed by atoms with van der Waals surface area (Å²) in [5.74, 6) is 2.35. The maximum atomic E-state index is 4.97. The number of aromatic nitrogens is 4. The summed E-state index contributed by atoms with van der Waals surface area (Å²) < 4.78 is 4.72. The van der Waals surface area contributed by atoms with Crippen molar-refractivity contribution in [3.05, 3.63) is 60.2 Å². The zero-order valence-electron chi connectivity index (χ0n) is 19.5. The van der Waals surface area contributed by atoms with E-state index in [4.69, 9.17) is 9.97 Å². The number of nitrogens with zero attached hydrogens (tertiary/aromatic N) is 6. The normalized spacial score (nSPS) is 17.3. The standard InChI is InChI=1S/C26H34N6/c1-4-31-23-14-8-6-12-21(23)27-25(31)18-29(3)17-20-11-10-16-30(20)19-26-28-22-13-7-9-15-24(22)32(26)5-2/h6-9,12-15,20H,4-5,10-11,16-19H2,1-3H3/t20-/m0/s1. The number of likely N-dealkylation sites (tertiary alicyclic amines) is 1. The van der Waals surface area contributed by atoms with Gasteiger partial charge in [0.05, 0.1) is 35.2 Å². The Bertz CT molecular complexity index is 1210. The van der Waals surface area contributed by atoms with E-state index >= 15 is 0 Å². The van der Waals surface area contributed by atoms with Gasteiger partial charge in [-0.2, -0.15) is 0 Å². The van der Waals surface area contributed by atoms with E-state index in [9.17, 15) is 0 Å². The maximum absolute atomic E-state index is 4.97.